The third-order valence-corrected chi connectivity index (χ3v) is 6.52. The van der Waals surface area contributed by atoms with Crippen LogP contribution in [-0.4, -0.2) is 40.3 Å². The predicted octanol–water partition coefficient (Wildman–Crippen LogP) is 4.48. The van der Waals surface area contributed by atoms with E-state index in [0.29, 0.717) is 6.54 Å². The Morgan fingerprint density at radius 2 is 1.96 bits per heavy atom. The van der Waals surface area contributed by atoms with Gasteiger partial charge < -0.3 is 4.90 Å². The van der Waals surface area contributed by atoms with Gasteiger partial charge >= 0.3 is 0 Å². The molecule has 2 aromatic carbocycles. The van der Waals surface area contributed by atoms with Crippen LogP contribution < -0.4 is 0 Å². The lowest BCUT2D eigenvalue weighted by molar-refractivity contribution is -0.136. The van der Waals surface area contributed by atoms with Crippen molar-refractivity contribution in [3.05, 3.63) is 65.2 Å². The minimum atomic E-state index is -0.141. The molecule has 1 amide bonds. The van der Waals surface area contributed by atoms with E-state index in [0.717, 1.165) is 35.5 Å². The quantitative estimate of drug-likeness (QED) is 0.656. The number of aromatic nitrogens is 1. The number of likely N-dealkylation sites (tertiary alicyclic amines) is 1. The Balaban J connectivity index is 1.49. The summed E-state index contributed by atoms with van der Waals surface area (Å²) in [5.41, 5.74) is 2.22. The van der Waals surface area contributed by atoms with Gasteiger partial charge in [-0.05, 0) is 44.0 Å². The van der Waals surface area contributed by atoms with E-state index in [1.54, 1.807) is 11.3 Å². The van der Waals surface area contributed by atoms with E-state index in [2.05, 4.69) is 35.2 Å². The van der Waals surface area contributed by atoms with Crippen LogP contribution in [0.1, 0.15) is 36.4 Å². The molecule has 4 rings (SSSR count). The highest BCUT2D eigenvalue weighted by atomic mass is 32.1. The number of hydrogen-bond donors (Lipinski definition) is 0. The van der Waals surface area contributed by atoms with E-state index in [1.807, 2.05) is 43.1 Å². The van der Waals surface area contributed by atoms with Gasteiger partial charge in [0.1, 0.15) is 5.01 Å². The van der Waals surface area contributed by atoms with Crippen molar-refractivity contribution in [3.63, 3.8) is 0 Å². The summed E-state index contributed by atoms with van der Waals surface area (Å²) in [4.78, 5) is 22.1. The van der Waals surface area contributed by atoms with Gasteiger partial charge in [0.25, 0.3) is 0 Å². The molecule has 27 heavy (non-hydrogen) atoms. The number of carbonyl (C=O) groups excluding carboxylic acids is 1. The molecule has 2 heterocycles. The Kier molecular flexibility index (Phi) is 5.23. The van der Waals surface area contributed by atoms with Gasteiger partial charge in [0.2, 0.25) is 5.91 Å². The topological polar surface area (TPSA) is 36.4 Å². The Morgan fingerprint density at radius 1 is 1.22 bits per heavy atom. The maximum Gasteiger partial charge on any atom is 0.239 e. The first-order valence-corrected chi connectivity index (χ1v) is 10.4. The highest BCUT2D eigenvalue weighted by Gasteiger charge is 2.35. The molecule has 1 fully saturated rings. The normalized spacial score (nSPS) is 18.7. The zero-order chi connectivity index (χ0) is 18.8. The molecule has 0 radical (unpaired) electrons. The lowest BCUT2D eigenvalue weighted by Crippen LogP contribution is -2.45. The molecule has 1 aliphatic heterocycles. The van der Waals surface area contributed by atoms with Crippen LogP contribution in [0.15, 0.2) is 54.6 Å². The van der Waals surface area contributed by atoms with Gasteiger partial charge in [-0.15, -0.1) is 11.3 Å². The van der Waals surface area contributed by atoms with Gasteiger partial charge in [0, 0.05) is 13.6 Å². The molecular weight excluding hydrogens is 354 g/mol. The first-order chi connectivity index (χ1) is 13.1. The molecule has 3 aromatic rings. The second kappa shape index (κ2) is 7.79. The summed E-state index contributed by atoms with van der Waals surface area (Å²) in [6.07, 6.45) is 2.18. The molecule has 1 aliphatic rings. The summed E-state index contributed by atoms with van der Waals surface area (Å²) >= 11 is 1.76. The third kappa shape index (κ3) is 3.75. The monoisotopic (exact) mass is 379 g/mol. The standard InChI is InChI=1S/C22H25N3OS/c1-16(22(26)24(2)15-17-9-4-3-5-10-17)25-14-8-12-19(25)21-23-18-11-6-7-13-20(18)27-21/h3-7,9-11,13,16,19H,8,12,14-15H2,1-2H3. The largest absolute Gasteiger partial charge is 0.340 e. The van der Waals surface area contributed by atoms with Gasteiger partial charge in [-0.1, -0.05) is 42.5 Å². The Hall–Kier alpha value is -2.24. The minimum Gasteiger partial charge on any atom is -0.340 e. The number of carbonyl (C=O) groups is 1. The van der Waals surface area contributed by atoms with E-state index in [-0.39, 0.29) is 18.0 Å². The molecular formula is C22H25N3OS. The lowest BCUT2D eigenvalue weighted by Gasteiger charge is -2.31. The number of likely N-dealkylation sites (N-methyl/N-ethyl adjacent to an activating group) is 1. The van der Waals surface area contributed by atoms with Crippen LogP contribution in [0, 0.1) is 0 Å². The Labute approximate surface area is 164 Å². The number of thiazole rings is 1. The van der Waals surface area contributed by atoms with E-state index in [9.17, 15) is 4.79 Å². The number of rotatable bonds is 5. The summed E-state index contributed by atoms with van der Waals surface area (Å²) in [7, 11) is 1.90. The molecule has 1 aromatic heterocycles. The van der Waals surface area contributed by atoms with Gasteiger partial charge in [-0.3, -0.25) is 9.69 Å². The molecule has 2 unspecified atom stereocenters. The number of nitrogens with zero attached hydrogens (tertiary/aromatic N) is 3. The Morgan fingerprint density at radius 3 is 2.74 bits per heavy atom. The van der Waals surface area contributed by atoms with Crippen LogP contribution in [0.4, 0.5) is 0 Å². The van der Waals surface area contributed by atoms with Gasteiger partial charge in [-0.2, -0.15) is 0 Å². The fourth-order valence-corrected chi connectivity index (χ4v) is 5.07. The maximum absolute atomic E-state index is 13.1. The van der Waals surface area contributed by atoms with Crippen LogP contribution >= 0.6 is 11.3 Å². The van der Waals surface area contributed by atoms with Crippen molar-refractivity contribution in [3.8, 4) is 0 Å². The van der Waals surface area contributed by atoms with Crippen LogP contribution in [0.5, 0.6) is 0 Å². The molecule has 2 atom stereocenters. The summed E-state index contributed by atoms with van der Waals surface area (Å²) in [5.74, 6) is 0.173. The van der Waals surface area contributed by atoms with E-state index in [1.165, 1.54) is 4.70 Å². The van der Waals surface area contributed by atoms with Crippen LogP contribution in [-0.2, 0) is 11.3 Å². The highest BCUT2D eigenvalue weighted by Crippen LogP contribution is 2.37. The van der Waals surface area contributed by atoms with Crippen molar-refractivity contribution in [1.29, 1.82) is 0 Å². The van der Waals surface area contributed by atoms with Crippen LogP contribution in [0.3, 0.4) is 0 Å². The average Bonchev–Trinajstić information content (AvgIpc) is 3.34. The van der Waals surface area contributed by atoms with Crippen molar-refractivity contribution in [1.82, 2.24) is 14.8 Å². The SMILES string of the molecule is CC(C(=O)N(C)Cc1ccccc1)N1CCCC1c1nc2ccccc2s1. The molecule has 140 valence electrons. The van der Waals surface area contributed by atoms with Gasteiger partial charge in [-0.25, -0.2) is 4.98 Å². The number of hydrogen-bond acceptors (Lipinski definition) is 4. The first kappa shape index (κ1) is 18.1. The Bertz CT molecular complexity index is 890. The lowest BCUT2D eigenvalue weighted by atomic mass is 10.1. The zero-order valence-electron chi connectivity index (χ0n) is 15.8. The third-order valence-electron chi connectivity index (χ3n) is 5.38. The van der Waals surface area contributed by atoms with Gasteiger partial charge in [0.15, 0.2) is 0 Å². The number of benzene rings is 2. The summed E-state index contributed by atoms with van der Waals surface area (Å²) < 4.78 is 1.22. The molecule has 0 spiro atoms. The number of fused-ring (bicyclic) bond motifs is 1. The highest BCUT2D eigenvalue weighted by molar-refractivity contribution is 7.18. The second-order valence-corrected chi connectivity index (χ2v) is 8.33. The average molecular weight is 380 g/mol. The molecule has 0 N–H and O–H groups in total. The number of amides is 1. The predicted molar refractivity (Wildman–Crippen MR) is 111 cm³/mol. The molecule has 0 bridgehead atoms. The molecule has 5 heteroatoms. The van der Waals surface area contributed by atoms with Crippen molar-refractivity contribution in [2.75, 3.05) is 13.6 Å². The van der Waals surface area contributed by atoms with Crippen LogP contribution in [0.2, 0.25) is 0 Å². The molecule has 1 saturated heterocycles. The maximum atomic E-state index is 13.1. The number of para-hydroxylation sites is 1. The second-order valence-electron chi connectivity index (χ2n) is 7.27. The van der Waals surface area contributed by atoms with Crippen LogP contribution in [0.25, 0.3) is 10.2 Å². The summed E-state index contributed by atoms with van der Waals surface area (Å²) in [5, 5.41) is 1.14. The van der Waals surface area contributed by atoms with E-state index in [4.69, 9.17) is 4.98 Å². The van der Waals surface area contributed by atoms with E-state index < -0.39 is 0 Å². The first-order valence-electron chi connectivity index (χ1n) is 9.53. The van der Waals surface area contributed by atoms with Crippen molar-refractivity contribution >= 4 is 27.5 Å². The minimum absolute atomic E-state index is 0.141. The van der Waals surface area contributed by atoms with Crippen molar-refractivity contribution < 1.29 is 4.79 Å². The van der Waals surface area contributed by atoms with Crippen molar-refractivity contribution in [2.24, 2.45) is 0 Å². The molecule has 0 saturated carbocycles. The summed E-state index contributed by atoms with van der Waals surface area (Å²) in [6, 6.07) is 18.5. The van der Waals surface area contributed by atoms with Crippen molar-refractivity contribution in [2.45, 2.75) is 38.4 Å². The smallest absolute Gasteiger partial charge is 0.239 e. The van der Waals surface area contributed by atoms with E-state index >= 15 is 0 Å². The fraction of sp³-hybridized carbons (Fsp3) is 0.364. The fourth-order valence-electron chi connectivity index (χ4n) is 3.95. The molecule has 4 nitrogen and oxygen atoms in total. The zero-order valence-corrected chi connectivity index (χ0v) is 16.7. The van der Waals surface area contributed by atoms with Gasteiger partial charge in [0.05, 0.1) is 22.3 Å². The molecule has 0 aliphatic carbocycles. The summed E-state index contributed by atoms with van der Waals surface area (Å²) in [6.45, 7) is 3.63.